The molecule has 0 fully saturated rings. The second-order valence-corrected chi connectivity index (χ2v) is 4.07. The van der Waals surface area contributed by atoms with Gasteiger partial charge in [-0.05, 0) is 18.6 Å². The third-order valence-electron chi connectivity index (χ3n) is 2.58. The van der Waals surface area contributed by atoms with Crippen molar-refractivity contribution in [3.8, 4) is 0 Å². The summed E-state index contributed by atoms with van der Waals surface area (Å²) in [4.78, 5) is 22.1. The highest BCUT2D eigenvalue weighted by Crippen LogP contribution is 2.08. The van der Waals surface area contributed by atoms with Gasteiger partial charge in [0.05, 0.1) is 6.42 Å². The van der Waals surface area contributed by atoms with E-state index in [0.29, 0.717) is 12.0 Å². The molecule has 1 atom stereocenters. The van der Waals surface area contributed by atoms with Gasteiger partial charge >= 0.3 is 5.97 Å². The molecule has 102 valence electrons. The first-order valence-corrected chi connectivity index (χ1v) is 5.97. The molecule has 1 amide bonds. The first-order valence-electron chi connectivity index (χ1n) is 5.97. The summed E-state index contributed by atoms with van der Waals surface area (Å²) in [7, 11) is 0. The maximum atomic E-state index is 13.3. The molecule has 5 heteroatoms. The van der Waals surface area contributed by atoms with E-state index in [2.05, 4.69) is 5.32 Å². The fraction of sp³-hybridized carbons (Fsp3) is 0.286. The molecule has 1 unspecified atom stereocenters. The van der Waals surface area contributed by atoms with Crippen molar-refractivity contribution >= 4 is 18.0 Å². The number of aliphatic carboxylic acids is 1. The minimum Gasteiger partial charge on any atom is -0.481 e. The largest absolute Gasteiger partial charge is 0.481 e. The highest BCUT2D eigenvalue weighted by atomic mass is 19.1. The summed E-state index contributed by atoms with van der Waals surface area (Å²) >= 11 is 0. The van der Waals surface area contributed by atoms with Gasteiger partial charge in [0.2, 0.25) is 5.91 Å². The van der Waals surface area contributed by atoms with Crippen molar-refractivity contribution in [2.75, 3.05) is 0 Å². The highest BCUT2D eigenvalue weighted by Gasteiger charge is 2.12. The molecule has 1 rings (SSSR count). The van der Waals surface area contributed by atoms with Gasteiger partial charge in [-0.1, -0.05) is 25.1 Å². The van der Waals surface area contributed by atoms with E-state index in [4.69, 9.17) is 5.11 Å². The van der Waals surface area contributed by atoms with E-state index >= 15 is 0 Å². The molecule has 1 aromatic rings. The minimum atomic E-state index is -0.967. The fourth-order valence-electron chi connectivity index (χ4n) is 1.53. The maximum Gasteiger partial charge on any atom is 0.305 e. The number of halogens is 1. The van der Waals surface area contributed by atoms with Crippen LogP contribution < -0.4 is 5.32 Å². The van der Waals surface area contributed by atoms with Crippen molar-refractivity contribution in [1.29, 1.82) is 0 Å². The first-order chi connectivity index (χ1) is 9.02. The van der Waals surface area contributed by atoms with Gasteiger partial charge in [0.15, 0.2) is 0 Å². The predicted molar refractivity (Wildman–Crippen MR) is 69.9 cm³/mol. The molecular weight excluding hydrogens is 249 g/mol. The zero-order chi connectivity index (χ0) is 14.3. The number of amides is 1. The monoisotopic (exact) mass is 265 g/mol. The van der Waals surface area contributed by atoms with Crippen LogP contribution in [0.25, 0.3) is 6.08 Å². The third kappa shape index (κ3) is 5.33. The van der Waals surface area contributed by atoms with E-state index in [1.807, 2.05) is 0 Å². The van der Waals surface area contributed by atoms with Gasteiger partial charge in [0.1, 0.15) is 5.82 Å². The van der Waals surface area contributed by atoms with E-state index in [1.165, 1.54) is 18.2 Å². The Morgan fingerprint density at radius 3 is 2.68 bits per heavy atom. The summed E-state index contributed by atoms with van der Waals surface area (Å²) in [5.41, 5.74) is 0.309. The summed E-state index contributed by atoms with van der Waals surface area (Å²) in [6.45, 7) is 1.79. The van der Waals surface area contributed by atoms with Gasteiger partial charge in [0.25, 0.3) is 0 Å². The van der Waals surface area contributed by atoms with Crippen molar-refractivity contribution in [3.63, 3.8) is 0 Å². The lowest BCUT2D eigenvalue weighted by molar-refractivity contribution is -0.137. The number of rotatable bonds is 6. The molecule has 19 heavy (non-hydrogen) atoms. The molecule has 0 bridgehead atoms. The summed E-state index contributed by atoms with van der Waals surface area (Å²) < 4.78 is 13.3. The molecule has 0 aliphatic heterocycles. The Morgan fingerprint density at radius 2 is 2.11 bits per heavy atom. The van der Waals surface area contributed by atoms with Crippen molar-refractivity contribution in [1.82, 2.24) is 5.32 Å². The molecule has 0 saturated carbocycles. The average molecular weight is 265 g/mol. The molecule has 0 aliphatic carbocycles. The van der Waals surface area contributed by atoms with Crippen LogP contribution in [-0.4, -0.2) is 23.0 Å². The van der Waals surface area contributed by atoms with E-state index < -0.39 is 23.7 Å². The number of hydrogen-bond acceptors (Lipinski definition) is 2. The van der Waals surface area contributed by atoms with Crippen molar-refractivity contribution in [3.05, 3.63) is 41.7 Å². The molecule has 0 radical (unpaired) electrons. The molecule has 4 nitrogen and oxygen atoms in total. The van der Waals surface area contributed by atoms with Crippen molar-refractivity contribution < 1.29 is 19.1 Å². The topological polar surface area (TPSA) is 66.4 Å². The normalized spacial score (nSPS) is 12.3. The number of carboxylic acid groups (broad SMARTS) is 1. The van der Waals surface area contributed by atoms with Crippen LogP contribution in [0.5, 0.6) is 0 Å². The molecule has 1 aromatic carbocycles. The fourth-order valence-corrected chi connectivity index (χ4v) is 1.53. The Bertz CT molecular complexity index is 485. The standard InChI is InChI=1S/C14H16FNO3/c1-2-11(9-14(18)19)16-13(17)8-7-10-5-3-4-6-12(10)15/h3-8,11H,2,9H2,1H3,(H,16,17)(H,18,19)/b8-7+. The number of carbonyl (C=O) groups is 2. The van der Waals surface area contributed by atoms with Gasteiger partial charge in [0, 0.05) is 17.7 Å². The van der Waals surface area contributed by atoms with Gasteiger partial charge in [-0.25, -0.2) is 4.39 Å². The lowest BCUT2D eigenvalue weighted by Crippen LogP contribution is -2.34. The number of nitrogens with one attached hydrogen (secondary N) is 1. The van der Waals surface area contributed by atoms with Crippen LogP contribution in [0.15, 0.2) is 30.3 Å². The Morgan fingerprint density at radius 1 is 1.42 bits per heavy atom. The van der Waals surface area contributed by atoms with Crippen molar-refractivity contribution in [2.45, 2.75) is 25.8 Å². The molecule has 0 heterocycles. The zero-order valence-corrected chi connectivity index (χ0v) is 10.6. The van der Waals surface area contributed by atoms with Gasteiger partial charge in [-0.2, -0.15) is 0 Å². The van der Waals surface area contributed by atoms with Crippen LogP contribution >= 0.6 is 0 Å². The lowest BCUT2D eigenvalue weighted by Gasteiger charge is -2.12. The van der Waals surface area contributed by atoms with Crippen LogP contribution in [0, 0.1) is 5.82 Å². The lowest BCUT2D eigenvalue weighted by atomic mass is 10.1. The van der Waals surface area contributed by atoms with Crippen LogP contribution in [0.1, 0.15) is 25.3 Å². The Balaban J connectivity index is 2.59. The smallest absolute Gasteiger partial charge is 0.305 e. The number of carbonyl (C=O) groups excluding carboxylic acids is 1. The van der Waals surface area contributed by atoms with E-state index in [-0.39, 0.29) is 6.42 Å². The molecular formula is C14H16FNO3. The van der Waals surface area contributed by atoms with Crippen LogP contribution in [0.3, 0.4) is 0 Å². The predicted octanol–water partition coefficient (Wildman–Crippen LogP) is 2.21. The number of hydrogen-bond donors (Lipinski definition) is 2. The highest BCUT2D eigenvalue weighted by molar-refractivity contribution is 5.92. The summed E-state index contributed by atoms with van der Waals surface area (Å²) in [5, 5.41) is 11.2. The Labute approximate surface area is 110 Å². The third-order valence-corrected chi connectivity index (χ3v) is 2.58. The summed E-state index contributed by atoms with van der Waals surface area (Å²) in [5.74, 6) is -1.81. The second kappa shape index (κ2) is 7.31. The Hall–Kier alpha value is -2.17. The number of benzene rings is 1. The maximum absolute atomic E-state index is 13.3. The molecule has 0 aromatic heterocycles. The van der Waals surface area contributed by atoms with E-state index in [1.54, 1.807) is 25.1 Å². The quantitative estimate of drug-likeness (QED) is 0.775. The van der Waals surface area contributed by atoms with Crippen molar-refractivity contribution in [2.24, 2.45) is 0 Å². The second-order valence-electron chi connectivity index (χ2n) is 4.07. The SMILES string of the molecule is CCC(CC(=O)O)NC(=O)/C=C/c1ccccc1F. The Kier molecular flexibility index (Phi) is 5.73. The van der Waals surface area contributed by atoms with Crippen LogP contribution in [0.2, 0.25) is 0 Å². The van der Waals surface area contributed by atoms with Crippen LogP contribution in [0.4, 0.5) is 4.39 Å². The average Bonchev–Trinajstić information content (AvgIpc) is 2.36. The molecule has 0 spiro atoms. The van der Waals surface area contributed by atoms with Gasteiger partial charge < -0.3 is 10.4 Å². The van der Waals surface area contributed by atoms with E-state index in [9.17, 15) is 14.0 Å². The molecule has 0 saturated heterocycles. The zero-order valence-electron chi connectivity index (χ0n) is 10.6. The van der Waals surface area contributed by atoms with Crippen LogP contribution in [-0.2, 0) is 9.59 Å². The summed E-state index contributed by atoms with van der Waals surface area (Å²) in [6.07, 6.45) is 2.95. The number of carboxylic acids is 1. The summed E-state index contributed by atoms with van der Waals surface area (Å²) in [6, 6.07) is 5.66. The van der Waals surface area contributed by atoms with E-state index in [0.717, 1.165) is 0 Å². The first kappa shape index (κ1) is 14.9. The molecule has 2 N–H and O–H groups in total. The molecule has 0 aliphatic rings. The minimum absolute atomic E-state index is 0.129. The van der Waals surface area contributed by atoms with Gasteiger partial charge in [-0.3, -0.25) is 9.59 Å². The van der Waals surface area contributed by atoms with Gasteiger partial charge in [-0.15, -0.1) is 0 Å².